The molecule has 4 aliphatic rings. The zero-order valence-electron chi connectivity index (χ0n) is 15.1. The van der Waals surface area contributed by atoms with Crippen LogP contribution in [0.5, 0.6) is 0 Å². The van der Waals surface area contributed by atoms with E-state index in [9.17, 15) is 9.59 Å². The van der Waals surface area contributed by atoms with Gasteiger partial charge in [0, 0.05) is 30.3 Å². The van der Waals surface area contributed by atoms with Crippen molar-refractivity contribution >= 4 is 11.6 Å². The summed E-state index contributed by atoms with van der Waals surface area (Å²) in [6.45, 7) is 5.79. The van der Waals surface area contributed by atoms with Gasteiger partial charge in [-0.1, -0.05) is 12.5 Å². The van der Waals surface area contributed by atoms with Crippen molar-refractivity contribution in [3.63, 3.8) is 0 Å². The molecule has 0 radical (unpaired) electrons. The minimum Gasteiger partial charge on any atom is -0.381 e. The summed E-state index contributed by atoms with van der Waals surface area (Å²) in [6.07, 6.45) is 9.78. The van der Waals surface area contributed by atoms with Crippen LogP contribution in [-0.4, -0.2) is 24.8 Å². The van der Waals surface area contributed by atoms with Crippen LogP contribution in [0.1, 0.15) is 65.2 Å². The Hall–Kier alpha value is -0.960. The molecule has 3 nitrogen and oxygen atoms in total. The molecule has 4 aliphatic carbocycles. The Balaban J connectivity index is 1.70. The zero-order valence-corrected chi connectivity index (χ0v) is 15.1. The molecule has 0 unspecified atom stereocenters. The summed E-state index contributed by atoms with van der Waals surface area (Å²) < 4.78 is 5.96. The minimum atomic E-state index is -0.0698. The fraction of sp³-hybridized carbons (Fsp3) is 0.810. The fourth-order valence-corrected chi connectivity index (χ4v) is 6.69. The molecule has 0 aromatic carbocycles. The fourth-order valence-electron chi connectivity index (χ4n) is 6.69. The Morgan fingerprint density at radius 3 is 2.71 bits per heavy atom. The van der Waals surface area contributed by atoms with Crippen molar-refractivity contribution in [3.8, 4) is 0 Å². The first kappa shape index (κ1) is 16.5. The van der Waals surface area contributed by atoms with Crippen molar-refractivity contribution in [3.05, 3.63) is 11.6 Å². The lowest BCUT2D eigenvalue weighted by Crippen LogP contribution is -2.53. The maximum atomic E-state index is 12.5. The van der Waals surface area contributed by atoms with Gasteiger partial charge in [-0.25, -0.2) is 0 Å². The minimum absolute atomic E-state index is 0.0693. The smallest absolute Gasteiger partial charge is 0.155 e. The van der Waals surface area contributed by atoms with Crippen LogP contribution in [-0.2, 0) is 14.3 Å². The zero-order chi connectivity index (χ0) is 16.9. The highest BCUT2D eigenvalue weighted by Gasteiger charge is 2.60. The lowest BCUT2D eigenvalue weighted by atomic mass is 9.47. The monoisotopic (exact) mass is 330 g/mol. The van der Waals surface area contributed by atoms with Gasteiger partial charge in [0.2, 0.25) is 0 Å². The number of ether oxygens (including phenoxy) is 1. The lowest BCUT2D eigenvalue weighted by Gasteiger charge is -2.57. The highest BCUT2D eigenvalue weighted by molar-refractivity contribution is 5.91. The third-order valence-corrected chi connectivity index (χ3v) is 7.96. The van der Waals surface area contributed by atoms with Crippen molar-refractivity contribution < 1.29 is 14.3 Å². The van der Waals surface area contributed by atoms with Crippen LogP contribution in [0.25, 0.3) is 0 Å². The summed E-state index contributed by atoms with van der Waals surface area (Å²) >= 11 is 0. The molecule has 0 bridgehead atoms. The first-order chi connectivity index (χ1) is 11.5. The van der Waals surface area contributed by atoms with Crippen molar-refractivity contribution in [2.45, 2.75) is 65.2 Å². The van der Waals surface area contributed by atoms with Gasteiger partial charge in [0.05, 0.1) is 6.61 Å². The summed E-state index contributed by atoms with van der Waals surface area (Å²) in [5, 5.41) is 0. The van der Waals surface area contributed by atoms with Gasteiger partial charge < -0.3 is 4.74 Å². The first-order valence-corrected chi connectivity index (χ1v) is 9.86. The maximum absolute atomic E-state index is 12.5. The topological polar surface area (TPSA) is 43.4 Å². The number of carbonyl (C=O) groups is 2. The van der Waals surface area contributed by atoms with Crippen molar-refractivity contribution in [1.29, 1.82) is 0 Å². The molecule has 132 valence electrons. The molecule has 24 heavy (non-hydrogen) atoms. The molecule has 3 saturated carbocycles. The quantitative estimate of drug-likeness (QED) is 0.782. The van der Waals surface area contributed by atoms with E-state index in [1.807, 2.05) is 6.08 Å². The molecule has 0 saturated heterocycles. The Bertz CT molecular complexity index is 592. The number of carbonyl (C=O) groups excluding carboxylic acids is 2. The van der Waals surface area contributed by atoms with Crippen LogP contribution in [0, 0.1) is 28.6 Å². The molecular formula is C21H30O3. The Labute approximate surface area is 145 Å². The lowest BCUT2D eigenvalue weighted by molar-refractivity contribution is -0.134. The van der Waals surface area contributed by atoms with Gasteiger partial charge in [0.1, 0.15) is 5.78 Å². The van der Waals surface area contributed by atoms with E-state index >= 15 is 0 Å². The van der Waals surface area contributed by atoms with Crippen LogP contribution >= 0.6 is 0 Å². The Morgan fingerprint density at radius 2 is 1.92 bits per heavy atom. The van der Waals surface area contributed by atoms with Crippen molar-refractivity contribution in [2.75, 3.05) is 13.2 Å². The molecule has 0 N–H and O–H groups in total. The predicted octanol–water partition coefficient (Wildman–Crippen LogP) is 4.10. The highest BCUT2D eigenvalue weighted by atomic mass is 16.5. The van der Waals surface area contributed by atoms with Gasteiger partial charge >= 0.3 is 0 Å². The number of hydrogen-bond donors (Lipinski definition) is 0. The molecule has 0 aliphatic heterocycles. The number of fused-ring (bicyclic) bond motifs is 5. The van der Waals surface area contributed by atoms with Gasteiger partial charge in [0.25, 0.3) is 0 Å². The molecule has 3 fully saturated rings. The number of Topliss-reactive ketones (excluding diaryl/α,β-unsaturated/α-hetero) is 1. The summed E-state index contributed by atoms with van der Waals surface area (Å²) in [6, 6.07) is 0. The molecule has 0 heterocycles. The summed E-state index contributed by atoms with van der Waals surface area (Å²) in [5.74, 6) is 2.60. The molecule has 5 atom stereocenters. The average Bonchev–Trinajstić information content (AvgIpc) is 2.88. The van der Waals surface area contributed by atoms with Gasteiger partial charge in [-0.3, -0.25) is 9.59 Å². The molecule has 0 spiro atoms. The molecule has 0 aromatic rings. The summed E-state index contributed by atoms with van der Waals surface area (Å²) in [5.41, 5.74) is 1.36. The SMILES string of the molecule is CCOC[C@]12CCC(=O)C=C1CC[C@@H]1[C@H]2CC[C@]2(C)C(=O)CC[C@@H]12. The van der Waals surface area contributed by atoms with E-state index in [1.54, 1.807) is 0 Å². The van der Waals surface area contributed by atoms with E-state index in [4.69, 9.17) is 4.74 Å². The van der Waals surface area contributed by atoms with Gasteiger partial charge in [-0.05, 0) is 69.3 Å². The second-order valence-corrected chi connectivity index (χ2v) is 8.76. The summed E-state index contributed by atoms with van der Waals surface area (Å²) in [7, 11) is 0. The van der Waals surface area contributed by atoms with E-state index in [1.165, 1.54) is 5.57 Å². The third kappa shape index (κ3) is 2.20. The average molecular weight is 330 g/mol. The second kappa shape index (κ2) is 5.79. The van der Waals surface area contributed by atoms with Crippen molar-refractivity contribution in [2.24, 2.45) is 28.6 Å². The van der Waals surface area contributed by atoms with Crippen LogP contribution in [0.2, 0.25) is 0 Å². The third-order valence-electron chi connectivity index (χ3n) is 7.96. The Kier molecular flexibility index (Phi) is 3.98. The van der Waals surface area contributed by atoms with Crippen LogP contribution < -0.4 is 0 Å². The van der Waals surface area contributed by atoms with E-state index < -0.39 is 0 Å². The van der Waals surface area contributed by atoms with Crippen molar-refractivity contribution in [1.82, 2.24) is 0 Å². The normalized spacial score (nSPS) is 44.6. The number of hydrogen-bond acceptors (Lipinski definition) is 3. The van der Waals surface area contributed by atoms with E-state index in [-0.39, 0.29) is 10.8 Å². The molecule has 0 amide bonds. The first-order valence-electron chi connectivity index (χ1n) is 9.86. The molecule has 4 rings (SSSR count). The molecule has 0 aromatic heterocycles. The van der Waals surface area contributed by atoms with E-state index in [0.29, 0.717) is 35.7 Å². The standard InChI is InChI=1S/C21H30O3/c1-3-24-13-21-11-8-15(22)12-14(21)4-5-16-17-6-7-19(23)20(17,2)10-9-18(16)21/h12,16-18H,3-11,13H2,1-2H3/t16-,17-,18+,20-,21+/m0/s1. The second-order valence-electron chi connectivity index (χ2n) is 8.76. The maximum Gasteiger partial charge on any atom is 0.155 e. The van der Waals surface area contributed by atoms with Crippen LogP contribution in [0.4, 0.5) is 0 Å². The predicted molar refractivity (Wildman–Crippen MR) is 92.5 cm³/mol. The highest BCUT2D eigenvalue weighted by Crippen LogP contribution is 2.64. The van der Waals surface area contributed by atoms with E-state index in [2.05, 4.69) is 13.8 Å². The van der Waals surface area contributed by atoms with Crippen LogP contribution in [0.3, 0.4) is 0 Å². The number of rotatable bonds is 3. The number of ketones is 2. The van der Waals surface area contributed by atoms with Gasteiger partial charge in [-0.15, -0.1) is 0 Å². The largest absolute Gasteiger partial charge is 0.381 e. The van der Waals surface area contributed by atoms with E-state index in [0.717, 1.165) is 58.2 Å². The van der Waals surface area contributed by atoms with Gasteiger partial charge in [0.15, 0.2) is 5.78 Å². The van der Waals surface area contributed by atoms with Gasteiger partial charge in [-0.2, -0.15) is 0 Å². The van der Waals surface area contributed by atoms with Crippen LogP contribution in [0.15, 0.2) is 11.6 Å². The molecule has 3 heteroatoms. The summed E-state index contributed by atoms with van der Waals surface area (Å²) in [4.78, 5) is 24.5. The molecular weight excluding hydrogens is 300 g/mol. The Morgan fingerprint density at radius 1 is 1.08 bits per heavy atom.